The van der Waals surface area contributed by atoms with E-state index in [4.69, 9.17) is 5.26 Å². The van der Waals surface area contributed by atoms with E-state index in [1.807, 2.05) is 24.4 Å². The molecule has 1 heterocycles. The fraction of sp³-hybridized carbons (Fsp3) is 0.0769. The molecule has 2 nitrogen and oxygen atoms in total. The van der Waals surface area contributed by atoms with Crippen molar-refractivity contribution in [3.63, 3.8) is 0 Å². The Bertz CT molecular complexity index is 561. The van der Waals surface area contributed by atoms with E-state index in [2.05, 4.69) is 24.1 Å². The van der Waals surface area contributed by atoms with Crippen LogP contribution >= 0.6 is 11.3 Å². The standard InChI is InChI=1S/C13H10N2S/c1-10-5-6-13(16-10)9-15-12-4-2-3-11(7-12)8-14/h2-7,9H,1H3. The van der Waals surface area contributed by atoms with E-state index in [0.717, 1.165) is 10.6 Å². The fourth-order valence-electron chi connectivity index (χ4n) is 1.32. The summed E-state index contributed by atoms with van der Waals surface area (Å²) in [5.74, 6) is 0. The van der Waals surface area contributed by atoms with Crippen molar-refractivity contribution in [2.45, 2.75) is 6.92 Å². The maximum Gasteiger partial charge on any atom is 0.0992 e. The van der Waals surface area contributed by atoms with Crippen LogP contribution in [-0.2, 0) is 0 Å². The molecule has 2 rings (SSSR count). The summed E-state index contributed by atoms with van der Waals surface area (Å²) >= 11 is 1.70. The van der Waals surface area contributed by atoms with Crippen LogP contribution in [0.2, 0.25) is 0 Å². The van der Waals surface area contributed by atoms with E-state index in [1.165, 1.54) is 4.88 Å². The van der Waals surface area contributed by atoms with Gasteiger partial charge in [-0.25, -0.2) is 0 Å². The smallest absolute Gasteiger partial charge is 0.0992 e. The highest BCUT2D eigenvalue weighted by Gasteiger charge is 1.94. The molecule has 1 aromatic carbocycles. The maximum absolute atomic E-state index is 8.75. The van der Waals surface area contributed by atoms with Gasteiger partial charge in [0.25, 0.3) is 0 Å². The molecule has 0 fully saturated rings. The molecule has 0 amide bonds. The molecule has 0 aliphatic rings. The van der Waals surface area contributed by atoms with E-state index in [-0.39, 0.29) is 0 Å². The Labute approximate surface area is 98.5 Å². The molecule has 0 radical (unpaired) electrons. The number of nitriles is 1. The number of aliphatic imine (C=N–C) groups is 1. The molecule has 0 spiro atoms. The van der Waals surface area contributed by atoms with Gasteiger partial charge in [-0.15, -0.1) is 11.3 Å². The van der Waals surface area contributed by atoms with E-state index in [9.17, 15) is 0 Å². The first-order valence-corrected chi connectivity index (χ1v) is 5.70. The van der Waals surface area contributed by atoms with Gasteiger partial charge in [0.2, 0.25) is 0 Å². The molecule has 16 heavy (non-hydrogen) atoms. The number of nitrogens with zero attached hydrogens (tertiary/aromatic N) is 2. The minimum absolute atomic E-state index is 0.636. The SMILES string of the molecule is Cc1ccc(C=Nc2cccc(C#N)c2)s1. The summed E-state index contributed by atoms with van der Waals surface area (Å²) in [7, 11) is 0. The number of aryl methyl sites for hydroxylation is 1. The number of thiophene rings is 1. The molecule has 0 bridgehead atoms. The first-order chi connectivity index (χ1) is 7.78. The van der Waals surface area contributed by atoms with Gasteiger partial charge in [0.05, 0.1) is 17.3 Å². The third kappa shape index (κ3) is 2.56. The Hall–Kier alpha value is -1.92. The zero-order chi connectivity index (χ0) is 11.4. The number of rotatable bonds is 2. The van der Waals surface area contributed by atoms with E-state index in [1.54, 1.807) is 23.5 Å². The van der Waals surface area contributed by atoms with E-state index < -0.39 is 0 Å². The van der Waals surface area contributed by atoms with Crippen LogP contribution in [-0.4, -0.2) is 6.21 Å². The Morgan fingerprint density at radius 1 is 1.31 bits per heavy atom. The van der Waals surface area contributed by atoms with Crippen molar-refractivity contribution < 1.29 is 0 Å². The molecular weight excluding hydrogens is 216 g/mol. The molecule has 2 aromatic rings. The minimum atomic E-state index is 0.636. The highest BCUT2D eigenvalue weighted by atomic mass is 32.1. The van der Waals surface area contributed by atoms with Crippen LogP contribution in [0.4, 0.5) is 5.69 Å². The largest absolute Gasteiger partial charge is 0.255 e. The van der Waals surface area contributed by atoms with Crippen LogP contribution in [0.15, 0.2) is 41.4 Å². The average Bonchev–Trinajstić information content (AvgIpc) is 2.73. The second kappa shape index (κ2) is 4.73. The normalized spacial score (nSPS) is 10.5. The van der Waals surface area contributed by atoms with E-state index in [0.29, 0.717) is 5.56 Å². The summed E-state index contributed by atoms with van der Waals surface area (Å²) in [6, 6.07) is 13.5. The summed E-state index contributed by atoms with van der Waals surface area (Å²) in [6.07, 6.45) is 1.83. The predicted octanol–water partition coefficient (Wildman–Crippen LogP) is 3.68. The van der Waals surface area contributed by atoms with Crippen LogP contribution in [0.5, 0.6) is 0 Å². The quantitative estimate of drug-likeness (QED) is 0.719. The third-order valence-corrected chi connectivity index (χ3v) is 3.01. The molecule has 0 N–H and O–H groups in total. The Balaban J connectivity index is 2.21. The molecule has 0 unspecified atom stereocenters. The highest BCUT2D eigenvalue weighted by molar-refractivity contribution is 7.13. The van der Waals surface area contributed by atoms with Crippen molar-refractivity contribution in [3.05, 3.63) is 51.7 Å². The fourth-order valence-corrected chi connectivity index (χ4v) is 2.07. The summed E-state index contributed by atoms with van der Waals surface area (Å²) in [4.78, 5) is 6.73. The monoisotopic (exact) mass is 226 g/mol. The molecule has 1 aromatic heterocycles. The van der Waals surface area contributed by atoms with Gasteiger partial charge < -0.3 is 0 Å². The zero-order valence-electron chi connectivity index (χ0n) is 8.84. The Morgan fingerprint density at radius 3 is 2.88 bits per heavy atom. The lowest BCUT2D eigenvalue weighted by molar-refractivity contribution is 1.46. The van der Waals surface area contributed by atoms with E-state index >= 15 is 0 Å². The number of hydrogen-bond donors (Lipinski definition) is 0. The van der Waals surface area contributed by atoms with Crippen LogP contribution in [0, 0.1) is 18.3 Å². The number of hydrogen-bond acceptors (Lipinski definition) is 3. The van der Waals surface area contributed by atoms with Gasteiger partial charge in [-0.1, -0.05) is 6.07 Å². The lowest BCUT2D eigenvalue weighted by Gasteiger charge is -1.92. The van der Waals surface area contributed by atoms with Gasteiger partial charge in [0.1, 0.15) is 0 Å². The second-order valence-corrected chi connectivity index (χ2v) is 4.69. The molecule has 78 valence electrons. The number of benzene rings is 1. The Morgan fingerprint density at radius 2 is 2.19 bits per heavy atom. The summed E-state index contributed by atoms with van der Waals surface area (Å²) < 4.78 is 0. The van der Waals surface area contributed by atoms with Crippen LogP contribution in [0.3, 0.4) is 0 Å². The van der Waals surface area contributed by atoms with Gasteiger partial charge in [-0.2, -0.15) is 5.26 Å². The van der Waals surface area contributed by atoms with Crippen molar-refractivity contribution >= 4 is 23.2 Å². The van der Waals surface area contributed by atoms with Gasteiger partial charge in [0.15, 0.2) is 0 Å². The second-order valence-electron chi connectivity index (χ2n) is 3.37. The molecule has 0 saturated carbocycles. The van der Waals surface area contributed by atoms with Crippen molar-refractivity contribution in [1.82, 2.24) is 0 Å². The van der Waals surface area contributed by atoms with Crippen molar-refractivity contribution in [2.24, 2.45) is 4.99 Å². The predicted molar refractivity (Wildman–Crippen MR) is 67.5 cm³/mol. The van der Waals surface area contributed by atoms with Gasteiger partial charge in [-0.3, -0.25) is 4.99 Å². The summed E-state index contributed by atoms with van der Waals surface area (Å²) in [5.41, 5.74) is 1.45. The maximum atomic E-state index is 8.75. The molecular formula is C13H10N2S. The van der Waals surface area contributed by atoms with Crippen LogP contribution in [0.25, 0.3) is 0 Å². The molecule has 3 heteroatoms. The molecule has 0 saturated heterocycles. The third-order valence-electron chi connectivity index (χ3n) is 2.08. The topological polar surface area (TPSA) is 36.1 Å². The van der Waals surface area contributed by atoms with Crippen molar-refractivity contribution in [3.8, 4) is 6.07 Å². The average molecular weight is 226 g/mol. The van der Waals surface area contributed by atoms with Gasteiger partial charge in [0, 0.05) is 16.0 Å². The minimum Gasteiger partial charge on any atom is -0.255 e. The summed E-state index contributed by atoms with van der Waals surface area (Å²) in [6.45, 7) is 2.07. The first-order valence-electron chi connectivity index (χ1n) is 4.88. The molecule has 0 aliphatic heterocycles. The lowest BCUT2D eigenvalue weighted by Crippen LogP contribution is -1.74. The van der Waals surface area contributed by atoms with Gasteiger partial charge >= 0.3 is 0 Å². The van der Waals surface area contributed by atoms with Crippen LogP contribution in [0.1, 0.15) is 15.3 Å². The summed E-state index contributed by atoms with van der Waals surface area (Å²) in [5, 5.41) is 8.75. The highest BCUT2D eigenvalue weighted by Crippen LogP contribution is 2.16. The molecule has 0 aliphatic carbocycles. The Kier molecular flexibility index (Phi) is 3.13. The zero-order valence-corrected chi connectivity index (χ0v) is 9.66. The van der Waals surface area contributed by atoms with Crippen LogP contribution < -0.4 is 0 Å². The lowest BCUT2D eigenvalue weighted by atomic mass is 10.2. The van der Waals surface area contributed by atoms with Crippen molar-refractivity contribution in [2.75, 3.05) is 0 Å². The van der Waals surface area contributed by atoms with Gasteiger partial charge in [-0.05, 0) is 37.3 Å². The van der Waals surface area contributed by atoms with Crippen molar-refractivity contribution in [1.29, 1.82) is 5.26 Å². The molecule has 0 atom stereocenters. The first kappa shape index (κ1) is 10.6.